The minimum atomic E-state index is -0.514. The average Bonchev–Trinajstić information content (AvgIpc) is 3.56. The molecule has 2 aromatic carbocycles. The van der Waals surface area contributed by atoms with Crippen molar-refractivity contribution in [2.45, 2.75) is 19.3 Å². The standard InChI is InChI=1S/C24H26FN5O2/c1-31-10-11-32-19-6-4-17(5-7-19)29-23-26-14-20(25)22(30-23)28-18-3-2-16-13-24(8-9-24)15-27-21(16)12-18/h2-7,12,14,27H,8-11,13,15H2,1H3,(H2,26,28,29,30). The van der Waals surface area contributed by atoms with E-state index >= 15 is 0 Å². The Morgan fingerprint density at radius 2 is 1.88 bits per heavy atom. The van der Waals surface area contributed by atoms with Gasteiger partial charge in [0.1, 0.15) is 12.4 Å². The molecule has 1 aromatic heterocycles. The molecule has 0 atom stereocenters. The van der Waals surface area contributed by atoms with Gasteiger partial charge in [0, 0.05) is 30.7 Å². The Morgan fingerprint density at radius 1 is 1.06 bits per heavy atom. The lowest BCUT2D eigenvalue weighted by molar-refractivity contribution is 0.146. The van der Waals surface area contributed by atoms with Gasteiger partial charge in [-0.2, -0.15) is 4.98 Å². The van der Waals surface area contributed by atoms with Crippen LogP contribution in [0.2, 0.25) is 0 Å². The fraction of sp³-hybridized carbons (Fsp3) is 0.333. The monoisotopic (exact) mass is 435 g/mol. The number of anilines is 5. The van der Waals surface area contributed by atoms with Crippen LogP contribution in [0.3, 0.4) is 0 Å². The topological polar surface area (TPSA) is 80.3 Å². The quantitative estimate of drug-likeness (QED) is 0.435. The van der Waals surface area contributed by atoms with E-state index in [0.717, 1.165) is 42.0 Å². The number of hydrogen-bond donors (Lipinski definition) is 3. The highest BCUT2D eigenvalue weighted by Crippen LogP contribution is 2.51. The molecular weight excluding hydrogens is 409 g/mol. The second-order valence-electron chi connectivity index (χ2n) is 8.41. The molecule has 3 aromatic rings. The summed E-state index contributed by atoms with van der Waals surface area (Å²) in [6, 6.07) is 13.5. The summed E-state index contributed by atoms with van der Waals surface area (Å²) in [5.41, 5.74) is 4.44. The molecular formula is C24H26FN5O2. The summed E-state index contributed by atoms with van der Waals surface area (Å²) in [5, 5.41) is 9.71. The van der Waals surface area contributed by atoms with E-state index in [9.17, 15) is 4.39 Å². The normalized spacial score (nSPS) is 15.6. The number of halogens is 1. The Hall–Kier alpha value is -3.39. The van der Waals surface area contributed by atoms with Crippen molar-refractivity contribution in [2.24, 2.45) is 5.41 Å². The largest absolute Gasteiger partial charge is 0.491 e. The summed E-state index contributed by atoms with van der Waals surface area (Å²) >= 11 is 0. The van der Waals surface area contributed by atoms with Gasteiger partial charge in [0.2, 0.25) is 5.95 Å². The van der Waals surface area contributed by atoms with Crippen LogP contribution in [0.4, 0.5) is 33.2 Å². The zero-order valence-electron chi connectivity index (χ0n) is 18.0. The molecule has 5 rings (SSSR count). The van der Waals surface area contributed by atoms with Gasteiger partial charge in [-0.3, -0.25) is 0 Å². The lowest BCUT2D eigenvalue weighted by Crippen LogP contribution is -2.24. The Morgan fingerprint density at radius 3 is 2.66 bits per heavy atom. The van der Waals surface area contributed by atoms with Crippen LogP contribution in [0.1, 0.15) is 18.4 Å². The highest BCUT2D eigenvalue weighted by atomic mass is 19.1. The minimum absolute atomic E-state index is 0.122. The molecule has 2 heterocycles. The van der Waals surface area contributed by atoms with E-state index in [2.05, 4.69) is 32.0 Å². The zero-order valence-corrected chi connectivity index (χ0v) is 18.0. The zero-order chi connectivity index (χ0) is 22.0. The molecule has 1 spiro atoms. The molecule has 0 bridgehead atoms. The van der Waals surface area contributed by atoms with Crippen LogP contribution < -0.4 is 20.7 Å². The molecule has 1 fully saturated rings. The summed E-state index contributed by atoms with van der Waals surface area (Å²) in [5.74, 6) is 0.647. The van der Waals surface area contributed by atoms with Crippen LogP contribution in [-0.4, -0.2) is 36.8 Å². The van der Waals surface area contributed by atoms with Gasteiger partial charge < -0.3 is 25.4 Å². The third-order valence-corrected chi connectivity index (χ3v) is 5.96. The third-order valence-electron chi connectivity index (χ3n) is 5.96. The summed E-state index contributed by atoms with van der Waals surface area (Å²) in [4.78, 5) is 8.37. The Bertz CT molecular complexity index is 1100. The molecule has 1 saturated carbocycles. The van der Waals surface area contributed by atoms with Crippen molar-refractivity contribution in [1.29, 1.82) is 0 Å². The van der Waals surface area contributed by atoms with Crippen molar-refractivity contribution in [1.82, 2.24) is 9.97 Å². The summed E-state index contributed by atoms with van der Waals surface area (Å²) < 4.78 is 24.9. The SMILES string of the molecule is COCCOc1ccc(Nc2ncc(F)c(Nc3ccc4c(c3)NCC3(CC3)C4)n2)cc1. The molecule has 1 aliphatic heterocycles. The molecule has 2 aliphatic rings. The Labute approximate surface area is 186 Å². The average molecular weight is 436 g/mol. The molecule has 0 amide bonds. The van der Waals surface area contributed by atoms with Crippen LogP contribution in [0.15, 0.2) is 48.7 Å². The Balaban J connectivity index is 1.26. The predicted octanol–water partition coefficient (Wildman–Crippen LogP) is 4.88. The first-order valence-corrected chi connectivity index (χ1v) is 10.8. The van der Waals surface area contributed by atoms with Crippen LogP contribution >= 0.6 is 0 Å². The van der Waals surface area contributed by atoms with Crippen molar-refractivity contribution < 1.29 is 13.9 Å². The van der Waals surface area contributed by atoms with Crippen LogP contribution in [-0.2, 0) is 11.2 Å². The first kappa shape index (κ1) is 20.5. The number of nitrogens with zero attached hydrogens (tertiary/aromatic N) is 2. The predicted molar refractivity (Wildman–Crippen MR) is 123 cm³/mol. The third kappa shape index (κ3) is 4.60. The van der Waals surface area contributed by atoms with Crippen LogP contribution in [0, 0.1) is 11.2 Å². The number of fused-ring (bicyclic) bond motifs is 1. The number of aromatic nitrogens is 2. The Kier molecular flexibility index (Phi) is 5.53. The molecule has 8 heteroatoms. The molecule has 0 unspecified atom stereocenters. The minimum Gasteiger partial charge on any atom is -0.491 e. The van der Waals surface area contributed by atoms with Crippen molar-refractivity contribution in [2.75, 3.05) is 42.8 Å². The number of hydrogen-bond acceptors (Lipinski definition) is 7. The maximum atomic E-state index is 14.4. The highest BCUT2D eigenvalue weighted by molar-refractivity contribution is 5.68. The number of nitrogens with one attached hydrogen (secondary N) is 3. The number of benzene rings is 2. The lowest BCUT2D eigenvalue weighted by atomic mass is 9.91. The second-order valence-corrected chi connectivity index (χ2v) is 8.41. The van der Waals surface area contributed by atoms with Crippen molar-refractivity contribution in [3.05, 3.63) is 60.0 Å². The smallest absolute Gasteiger partial charge is 0.229 e. The number of rotatable bonds is 8. The van der Waals surface area contributed by atoms with Crippen molar-refractivity contribution in [3.63, 3.8) is 0 Å². The van der Waals surface area contributed by atoms with E-state index in [0.29, 0.717) is 24.6 Å². The van der Waals surface area contributed by atoms with Gasteiger partial charge in [-0.05, 0) is 66.6 Å². The van der Waals surface area contributed by atoms with Gasteiger partial charge in [0.15, 0.2) is 11.6 Å². The first-order chi connectivity index (χ1) is 15.6. The molecule has 1 aliphatic carbocycles. The van der Waals surface area contributed by atoms with E-state index in [1.807, 2.05) is 36.4 Å². The summed E-state index contributed by atoms with van der Waals surface area (Å²) in [7, 11) is 1.63. The van der Waals surface area contributed by atoms with Crippen LogP contribution in [0.5, 0.6) is 5.75 Å². The van der Waals surface area contributed by atoms with Gasteiger partial charge in [0.25, 0.3) is 0 Å². The van der Waals surface area contributed by atoms with Gasteiger partial charge in [-0.1, -0.05) is 6.07 Å². The van der Waals surface area contributed by atoms with Gasteiger partial charge >= 0.3 is 0 Å². The van der Waals surface area contributed by atoms with E-state index in [1.54, 1.807) is 7.11 Å². The second kappa shape index (κ2) is 8.63. The molecule has 3 N–H and O–H groups in total. The van der Waals surface area contributed by atoms with Crippen molar-refractivity contribution in [3.8, 4) is 5.75 Å². The van der Waals surface area contributed by atoms with Gasteiger partial charge in [0.05, 0.1) is 12.8 Å². The van der Waals surface area contributed by atoms with E-state index in [-0.39, 0.29) is 5.82 Å². The van der Waals surface area contributed by atoms with Gasteiger partial charge in [-0.25, -0.2) is 9.37 Å². The molecule has 0 saturated heterocycles. The lowest BCUT2D eigenvalue weighted by Gasteiger charge is -2.26. The maximum absolute atomic E-state index is 14.4. The van der Waals surface area contributed by atoms with Gasteiger partial charge in [-0.15, -0.1) is 0 Å². The molecule has 0 radical (unpaired) electrons. The van der Waals surface area contributed by atoms with E-state index in [1.165, 1.54) is 18.4 Å². The maximum Gasteiger partial charge on any atom is 0.229 e. The fourth-order valence-corrected chi connectivity index (χ4v) is 3.91. The molecule has 7 nitrogen and oxygen atoms in total. The fourth-order valence-electron chi connectivity index (χ4n) is 3.91. The van der Waals surface area contributed by atoms with E-state index < -0.39 is 5.82 Å². The highest BCUT2D eigenvalue weighted by Gasteiger charge is 2.44. The van der Waals surface area contributed by atoms with Crippen LogP contribution in [0.25, 0.3) is 0 Å². The number of ether oxygens (including phenoxy) is 2. The van der Waals surface area contributed by atoms with Crippen molar-refractivity contribution >= 4 is 28.8 Å². The molecule has 166 valence electrons. The summed E-state index contributed by atoms with van der Waals surface area (Å²) in [6.07, 6.45) is 4.87. The van der Waals surface area contributed by atoms with E-state index in [4.69, 9.17) is 9.47 Å². The summed E-state index contributed by atoms with van der Waals surface area (Å²) in [6.45, 7) is 2.02. The molecule has 32 heavy (non-hydrogen) atoms. The number of methoxy groups -OCH3 is 1. The first-order valence-electron chi connectivity index (χ1n) is 10.8.